The summed E-state index contributed by atoms with van der Waals surface area (Å²) >= 11 is 0. The van der Waals surface area contributed by atoms with Crippen LogP contribution in [0.4, 0.5) is 0 Å². The van der Waals surface area contributed by atoms with E-state index in [4.69, 9.17) is 4.74 Å². The van der Waals surface area contributed by atoms with E-state index in [1.165, 1.54) is 6.08 Å². The van der Waals surface area contributed by atoms with Gasteiger partial charge in [-0.05, 0) is 31.8 Å². The van der Waals surface area contributed by atoms with Crippen molar-refractivity contribution in [3.8, 4) is 0 Å². The van der Waals surface area contributed by atoms with Gasteiger partial charge in [0.05, 0.1) is 5.54 Å². The van der Waals surface area contributed by atoms with E-state index in [0.717, 1.165) is 32.1 Å². The molecule has 33 heavy (non-hydrogen) atoms. The maximum absolute atomic E-state index is 13.7. The van der Waals surface area contributed by atoms with Crippen LogP contribution in [0, 0.1) is 5.92 Å². The molecule has 2 amide bonds. The van der Waals surface area contributed by atoms with Gasteiger partial charge < -0.3 is 35.4 Å². The Hall–Kier alpha value is -1.33. The second-order valence-electron chi connectivity index (χ2n) is 9.69. The SMILES string of the molecule is O=C1/C=C\C2CCC3(CCCCCCCCC2(C2OC(OP(=O)(O)O)C(O)C2O)NC3=O)N1. The van der Waals surface area contributed by atoms with Crippen molar-refractivity contribution in [2.75, 3.05) is 0 Å². The second kappa shape index (κ2) is 9.37. The van der Waals surface area contributed by atoms with Crippen LogP contribution in [-0.2, 0) is 23.4 Å². The average Bonchev–Trinajstić information content (AvgIpc) is 2.95. The number of amides is 2. The van der Waals surface area contributed by atoms with Gasteiger partial charge in [0.1, 0.15) is 23.9 Å². The van der Waals surface area contributed by atoms with E-state index in [1.54, 1.807) is 6.08 Å². The molecule has 12 heteroatoms. The first kappa shape index (κ1) is 24.8. The van der Waals surface area contributed by atoms with Gasteiger partial charge >= 0.3 is 7.82 Å². The first-order valence-electron chi connectivity index (χ1n) is 11.6. The number of fused-ring (bicyclic) bond motifs is 5. The third-order valence-electron chi connectivity index (χ3n) is 7.58. The highest BCUT2D eigenvalue weighted by Crippen LogP contribution is 2.47. The molecule has 0 radical (unpaired) electrons. The van der Waals surface area contributed by atoms with Crippen molar-refractivity contribution in [1.82, 2.24) is 10.6 Å². The van der Waals surface area contributed by atoms with E-state index >= 15 is 0 Å². The molecule has 7 unspecified atom stereocenters. The number of hydrogen-bond acceptors (Lipinski definition) is 7. The van der Waals surface area contributed by atoms with Gasteiger partial charge in [0.15, 0.2) is 6.29 Å². The van der Waals surface area contributed by atoms with Crippen LogP contribution >= 0.6 is 7.82 Å². The van der Waals surface area contributed by atoms with Crippen molar-refractivity contribution >= 4 is 19.6 Å². The van der Waals surface area contributed by atoms with Crippen LogP contribution in [0.15, 0.2) is 12.2 Å². The molecule has 0 aliphatic carbocycles. The van der Waals surface area contributed by atoms with Crippen LogP contribution in [0.2, 0.25) is 0 Å². The molecule has 0 aromatic carbocycles. The molecular weight excluding hydrogens is 455 g/mol. The Kier molecular flexibility index (Phi) is 7.04. The van der Waals surface area contributed by atoms with Gasteiger partial charge in [-0.3, -0.25) is 14.1 Å². The highest BCUT2D eigenvalue weighted by molar-refractivity contribution is 7.46. The maximum atomic E-state index is 13.7. The lowest BCUT2D eigenvalue weighted by molar-refractivity contribution is -0.149. The smallest absolute Gasteiger partial charge is 0.387 e. The van der Waals surface area contributed by atoms with E-state index in [2.05, 4.69) is 15.2 Å². The Balaban J connectivity index is 1.77. The van der Waals surface area contributed by atoms with Crippen LogP contribution in [0.5, 0.6) is 0 Å². The van der Waals surface area contributed by atoms with E-state index in [9.17, 15) is 34.2 Å². The largest absolute Gasteiger partial charge is 0.472 e. The molecule has 4 rings (SSSR count). The van der Waals surface area contributed by atoms with Gasteiger partial charge in [-0.2, -0.15) is 0 Å². The van der Waals surface area contributed by atoms with Crippen molar-refractivity contribution in [1.29, 1.82) is 0 Å². The van der Waals surface area contributed by atoms with Gasteiger partial charge in [-0.15, -0.1) is 0 Å². The molecule has 3 fully saturated rings. The Labute approximate surface area is 192 Å². The summed E-state index contributed by atoms with van der Waals surface area (Å²) in [5.41, 5.74) is -2.29. The third-order valence-corrected chi connectivity index (χ3v) is 8.06. The number of rotatable bonds is 3. The molecule has 3 saturated heterocycles. The van der Waals surface area contributed by atoms with Crippen molar-refractivity contribution in [3.63, 3.8) is 0 Å². The standard InChI is InChI=1S/C21H33N2O9P/c24-14-8-7-13-9-12-20(22-14)10-5-3-1-2-4-6-11-21(13,23-19(20)27)17-15(25)16(26)18(31-17)32-33(28,29)30/h7-8,13,15-18,25-26H,1-6,9-12H2,(H,22,24)(H,23,27)(H2,28,29,30)/b8-7-. The molecule has 0 saturated carbocycles. The van der Waals surface area contributed by atoms with Crippen LogP contribution < -0.4 is 10.6 Å². The molecule has 7 atom stereocenters. The Morgan fingerprint density at radius 1 is 0.970 bits per heavy atom. The number of aliphatic hydroxyl groups excluding tert-OH is 2. The van der Waals surface area contributed by atoms with Crippen LogP contribution in [0.3, 0.4) is 0 Å². The monoisotopic (exact) mass is 488 g/mol. The molecular formula is C21H33N2O9P. The molecule has 6 N–H and O–H groups in total. The molecule has 4 aliphatic heterocycles. The minimum Gasteiger partial charge on any atom is -0.387 e. The Morgan fingerprint density at radius 2 is 1.64 bits per heavy atom. The number of phosphoric ester groups is 1. The molecule has 11 nitrogen and oxygen atoms in total. The molecule has 4 heterocycles. The summed E-state index contributed by atoms with van der Waals surface area (Å²) in [6.45, 7) is 0. The summed E-state index contributed by atoms with van der Waals surface area (Å²) in [6.07, 6.45) is 4.02. The van der Waals surface area contributed by atoms with Crippen molar-refractivity contribution in [2.45, 2.75) is 99.9 Å². The van der Waals surface area contributed by atoms with Crippen LogP contribution in [-0.4, -0.2) is 67.5 Å². The first-order valence-corrected chi connectivity index (χ1v) is 13.2. The van der Waals surface area contributed by atoms with E-state index < -0.39 is 49.4 Å². The second-order valence-corrected chi connectivity index (χ2v) is 10.9. The molecule has 0 aromatic heterocycles. The Bertz CT molecular complexity index is 848. The zero-order valence-electron chi connectivity index (χ0n) is 18.4. The lowest BCUT2D eigenvalue weighted by atomic mass is 9.71. The number of carbonyl (C=O) groups is 2. The zero-order chi connectivity index (χ0) is 23.9. The van der Waals surface area contributed by atoms with E-state index in [-0.39, 0.29) is 11.8 Å². The first-order chi connectivity index (χ1) is 15.6. The highest BCUT2D eigenvalue weighted by Gasteiger charge is 2.60. The number of carbonyl (C=O) groups excluding carboxylic acids is 2. The number of hydrogen-bond donors (Lipinski definition) is 6. The predicted molar refractivity (Wildman–Crippen MR) is 114 cm³/mol. The van der Waals surface area contributed by atoms with Gasteiger partial charge in [-0.1, -0.05) is 44.6 Å². The summed E-state index contributed by atoms with van der Waals surface area (Å²) in [5, 5.41) is 27.4. The normalized spacial score (nSPS) is 43.5. The fourth-order valence-corrected chi connectivity index (χ4v) is 6.33. The summed E-state index contributed by atoms with van der Waals surface area (Å²) < 4.78 is 21.7. The number of nitrogens with one attached hydrogen (secondary N) is 2. The number of ether oxygens (including phenoxy) is 1. The number of aliphatic hydroxyl groups is 2. The van der Waals surface area contributed by atoms with Crippen LogP contribution in [0.1, 0.15) is 64.2 Å². The van der Waals surface area contributed by atoms with Crippen molar-refractivity contribution < 1.29 is 43.4 Å². The minimum absolute atomic E-state index is 0.365. The summed E-state index contributed by atoms with van der Waals surface area (Å²) in [4.78, 5) is 44.7. The summed E-state index contributed by atoms with van der Waals surface area (Å²) in [6, 6.07) is 0. The van der Waals surface area contributed by atoms with Crippen molar-refractivity contribution in [2.24, 2.45) is 5.92 Å². The molecule has 186 valence electrons. The lowest BCUT2D eigenvalue weighted by Crippen LogP contribution is -2.66. The molecule has 1 spiro atoms. The minimum atomic E-state index is -5.01. The fraction of sp³-hybridized carbons (Fsp3) is 0.810. The lowest BCUT2D eigenvalue weighted by Gasteiger charge is -2.44. The van der Waals surface area contributed by atoms with Crippen molar-refractivity contribution in [3.05, 3.63) is 12.2 Å². The highest BCUT2D eigenvalue weighted by atomic mass is 31.2. The number of phosphoric acid groups is 1. The maximum Gasteiger partial charge on any atom is 0.472 e. The molecule has 4 aliphatic rings. The van der Waals surface area contributed by atoms with Gasteiger partial charge in [0.2, 0.25) is 11.8 Å². The quantitative estimate of drug-likeness (QED) is 0.307. The molecule has 3 bridgehead atoms. The van der Waals surface area contributed by atoms with E-state index in [1.807, 2.05) is 0 Å². The fourth-order valence-electron chi connectivity index (χ4n) is 5.88. The van der Waals surface area contributed by atoms with Gasteiger partial charge in [0, 0.05) is 5.92 Å². The van der Waals surface area contributed by atoms with Crippen LogP contribution in [0.25, 0.3) is 0 Å². The van der Waals surface area contributed by atoms with Gasteiger partial charge in [0.25, 0.3) is 0 Å². The van der Waals surface area contributed by atoms with E-state index in [0.29, 0.717) is 32.1 Å². The summed E-state index contributed by atoms with van der Waals surface area (Å²) in [7, 11) is -5.01. The topological polar surface area (TPSA) is 175 Å². The zero-order valence-corrected chi connectivity index (χ0v) is 19.3. The Morgan fingerprint density at radius 3 is 2.33 bits per heavy atom. The molecule has 0 aromatic rings. The average molecular weight is 488 g/mol. The predicted octanol–water partition coefficient (Wildman–Crippen LogP) is 0.367. The van der Waals surface area contributed by atoms with Gasteiger partial charge in [-0.25, -0.2) is 4.57 Å². The summed E-state index contributed by atoms with van der Waals surface area (Å²) in [5.74, 6) is -1.14. The third kappa shape index (κ3) is 4.91.